The van der Waals surface area contributed by atoms with Crippen LogP contribution in [0.3, 0.4) is 0 Å². The van der Waals surface area contributed by atoms with Gasteiger partial charge in [-0.05, 0) is 18.1 Å². The molecule has 0 spiro atoms. The highest BCUT2D eigenvalue weighted by molar-refractivity contribution is 6.37. The van der Waals surface area contributed by atoms with Crippen LogP contribution in [0.4, 0.5) is 0 Å². The molecule has 2 aromatic carbocycles. The van der Waals surface area contributed by atoms with Crippen LogP contribution in [0.15, 0.2) is 36.4 Å². The minimum absolute atomic E-state index is 0.0215. The molecule has 2 nitrogen and oxygen atoms in total. The molecule has 2 rings (SSSR count). The van der Waals surface area contributed by atoms with Crippen LogP contribution >= 0.6 is 23.2 Å². The third kappa shape index (κ3) is 2.89. The Labute approximate surface area is 116 Å². The number of phenolic OH excluding ortho intramolecular Hbond substituents is 1. The van der Waals surface area contributed by atoms with Crippen molar-refractivity contribution in [3.63, 3.8) is 0 Å². The Morgan fingerprint density at radius 3 is 2.33 bits per heavy atom. The predicted molar refractivity (Wildman–Crippen MR) is 73.6 cm³/mol. The van der Waals surface area contributed by atoms with E-state index in [1.54, 1.807) is 0 Å². The van der Waals surface area contributed by atoms with E-state index in [1.165, 1.54) is 12.1 Å². The molecule has 0 saturated carbocycles. The molecule has 0 aliphatic heterocycles. The fourth-order valence-corrected chi connectivity index (χ4v) is 2.19. The van der Waals surface area contributed by atoms with Crippen molar-refractivity contribution in [2.75, 3.05) is 0 Å². The van der Waals surface area contributed by atoms with E-state index in [4.69, 9.17) is 27.9 Å². The van der Waals surface area contributed by atoms with Crippen molar-refractivity contribution in [3.8, 4) is 11.5 Å². The zero-order valence-electron chi connectivity index (χ0n) is 9.78. The van der Waals surface area contributed by atoms with Crippen LogP contribution in [0.2, 0.25) is 10.0 Å². The van der Waals surface area contributed by atoms with E-state index < -0.39 is 0 Å². The quantitative estimate of drug-likeness (QED) is 0.893. The molecule has 0 unspecified atom stereocenters. The molecule has 0 fully saturated rings. The van der Waals surface area contributed by atoms with Crippen LogP contribution in [-0.4, -0.2) is 5.11 Å². The molecule has 0 aliphatic carbocycles. The number of rotatable bonds is 3. The molecule has 4 heteroatoms. The summed E-state index contributed by atoms with van der Waals surface area (Å²) in [7, 11) is 0. The average Bonchev–Trinajstić information content (AvgIpc) is 2.30. The highest BCUT2D eigenvalue weighted by Crippen LogP contribution is 2.36. The second-order valence-corrected chi connectivity index (χ2v) is 4.77. The molecule has 0 radical (unpaired) electrons. The minimum atomic E-state index is 0.0215. The second-order valence-electron chi connectivity index (χ2n) is 3.95. The molecule has 1 N–H and O–H groups in total. The highest BCUT2D eigenvalue weighted by atomic mass is 35.5. The van der Waals surface area contributed by atoms with Crippen molar-refractivity contribution in [1.29, 1.82) is 0 Å². The lowest BCUT2D eigenvalue weighted by molar-refractivity contribution is 0.305. The molecule has 0 aliphatic rings. The van der Waals surface area contributed by atoms with Crippen molar-refractivity contribution in [2.24, 2.45) is 0 Å². The van der Waals surface area contributed by atoms with Gasteiger partial charge in [-0.3, -0.25) is 0 Å². The van der Waals surface area contributed by atoms with Gasteiger partial charge in [0.1, 0.15) is 12.4 Å². The van der Waals surface area contributed by atoms with Gasteiger partial charge in [0.25, 0.3) is 0 Å². The van der Waals surface area contributed by atoms with Crippen molar-refractivity contribution in [2.45, 2.75) is 13.5 Å². The van der Waals surface area contributed by atoms with Gasteiger partial charge in [-0.15, -0.1) is 0 Å². The number of aryl methyl sites for hydroxylation is 1. The first-order chi connectivity index (χ1) is 8.58. The fraction of sp³-hybridized carbons (Fsp3) is 0.143. The summed E-state index contributed by atoms with van der Waals surface area (Å²) in [5.41, 5.74) is 2.21. The summed E-state index contributed by atoms with van der Waals surface area (Å²) in [6.07, 6.45) is 0. The third-order valence-electron chi connectivity index (χ3n) is 2.62. The monoisotopic (exact) mass is 282 g/mol. The molecule has 18 heavy (non-hydrogen) atoms. The van der Waals surface area contributed by atoms with Crippen molar-refractivity contribution in [1.82, 2.24) is 0 Å². The van der Waals surface area contributed by atoms with Gasteiger partial charge in [-0.2, -0.15) is 0 Å². The van der Waals surface area contributed by atoms with Crippen LogP contribution in [0.5, 0.6) is 11.5 Å². The van der Waals surface area contributed by atoms with Crippen LogP contribution < -0.4 is 4.74 Å². The van der Waals surface area contributed by atoms with Crippen LogP contribution in [0.25, 0.3) is 0 Å². The van der Waals surface area contributed by atoms with Gasteiger partial charge in [-0.25, -0.2) is 0 Å². The first kappa shape index (κ1) is 13.1. The lowest BCUT2D eigenvalue weighted by atomic mass is 10.1. The van der Waals surface area contributed by atoms with Crippen LogP contribution in [-0.2, 0) is 6.61 Å². The Bertz CT molecular complexity index is 544. The van der Waals surface area contributed by atoms with E-state index >= 15 is 0 Å². The molecule has 2 aromatic rings. The molecule has 0 atom stereocenters. The van der Waals surface area contributed by atoms with E-state index in [0.29, 0.717) is 22.4 Å². The summed E-state index contributed by atoms with van der Waals surface area (Å²) in [5, 5.41) is 9.92. The van der Waals surface area contributed by atoms with Crippen molar-refractivity contribution in [3.05, 3.63) is 57.6 Å². The van der Waals surface area contributed by atoms with Gasteiger partial charge in [0.2, 0.25) is 0 Å². The maximum Gasteiger partial charge on any atom is 0.157 e. The van der Waals surface area contributed by atoms with Crippen LogP contribution in [0.1, 0.15) is 11.1 Å². The Balaban J connectivity index is 2.19. The molecule has 0 saturated heterocycles. The predicted octanol–water partition coefficient (Wildman–Crippen LogP) is 4.59. The first-order valence-electron chi connectivity index (χ1n) is 5.43. The zero-order valence-corrected chi connectivity index (χ0v) is 11.3. The second kappa shape index (κ2) is 5.51. The minimum Gasteiger partial charge on any atom is -0.508 e. The molecule has 0 amide bonds. The number of phenols is 1. The normalized spacial score (nSPS) is 10.4. The molecule has 0 aromatic heterocycles. The fourth-order valence-electron chi connectivity index (χ4n) is 1.61. The number of aromatic hydroxyl groups is 1. The lowest BCUT2D eigenvalue weighted by Gasteiger charge is -2.11. The maximum absolute atomic E-state index is 9.32. The van der Waals surface area contributed by atoms with Gasteiger partial charge in [0, 0.05) is 12.1 Å². The standard InChI is InChI=1S/C14H12Cl2O2/c1-9-4-2-3-5-10(9)8-18-14-12(15)6-11(17)7-13(14)16/h2-7,17H,8H2,1H3. The Morgan fingerprint density at radius 1 is 1.11 bits per heavy atom. The maximum atomic E-state index is 9.32. The summed E-state index contributed by atoms with van der Waals surface area (Å²) in [6.45, 7) is 2.40. The Hall–Kier alpha value is -1.38. The molecular weight excluding hydrogens is 271 g/mol. The number of hydrogen-bond acceptors (Lipinski definition) is 2. The summed E-state index contributed by atoms with van der Waals surface area (Å²) < 4.78 is 5.61. The van der Waals surface area contributed by atoms with E-state index in [0.717, 1.165) is 11.1 Å². The Morgan fingerprint density at radius 2 is 1.72 bits per heavy atom. The number of hydrogen-bond donors (Lipinski definition) is 1. The van der Waals surface area contributed by atoms with E-state index in [-0.39, 0.29) is 5.75 Å². The van der Waals surface area contributed by atoms with Crippen LogP contribution in [0, 0.1) is 6.92 Å². The van der Waals surface area contributed by atoms with Crippen molar-refractivity contribution >= 4 is 23.2 Å². The zero-order chi connectivity index (χ0) is 13.1. The number of halogens is 2. The third-order valence-corrected chi connectivity index (χ3v) is 3.18. The van der Waals surface area contributed by atoms with Gasteiger partial charge < -0.3 is 9.84 Å². The largest absolute Gasteiger partial charge is 0.508 e. The number of benzene rings is 2. The SMILES string of the molecule is Cc1ccccc1COc1c(Cl)cc(O)cc1Cl. The summed E-state index contributed by atoms with van der Waals surface area (Å²) in [5.74, 6) is 0.410. The topological polar surface area (TPSA) is 29.5 Å². The number of ether oxygens (including phenoxy) is 1. The lowest BCUT2D eigenvalue weighted by Crippen LogP contribution is -1.98. The average molecular weight is 283 g/mol. The van der Waals surface area contributed by atoms with Gasteiger partial charge >= 0.3 is 0 Å². The van der Waals surface area contributed by atoms with E-state index in [2.05, 4.69) is 0 Å². The highest BCUT2D eigenvalue weighted by Gasteiger charge is 2.10. The van der Waals surface area contributed by atoms with Gasteiger partial charge in [0.05, 0.1) is 10.0 Å². The van der Waals surface area contributed by atoms with Gasteiger partial charge in [-0.1, -0.05) is 47.5 Å². The molecule has 0 heterocycles. The Kier molecular flexibility index (Phi) is 4.00. The van der Waals surface area contributed by atoms with Gasteiger partial charge in [0.15, 0.2) is 5.75 Å². The molecular formula is C14H12Cl2O2. The first-order valence-corrected chi connectivity index (χ1v) is 6.19. The smallest absolute Gasteiger partial charge is 0.157 e. The van der Waals surface area contributed by atoms with E-state index in [1.807, 2.05) is 31.2 Å². The summed E-state index contributed by atoms with van der Waals surface area (Å²) in [4.78, 5) is 0. The molecule has 94 valence electrons. The van der Waals surface area contributed by atoms with E-state index in [9.17, 15) is 5.11 Å². The summed E-state index contributed by atoms with van der Waals surface area (Å²) >= 11 is 11.9. The van der Waals surface area contributed by atoms with Crippen molar-refractivity contribution < 1.29 is 9.84 Å². The molecule has 0 bridgehead atoms. The summed E-state index contributed by atoms with van der Waals surface area (Å²) in [6, 6.07) is 10.7.